The molecule has 0 fully saturated rings. The van der Waals surface area contributed by atoms with Gasteiger partial charge in [0.2, 0.25) is 0 Å². The molecular formula is C21H24FN3O2. The molecule has 5 nitrogen and oxygen atoms in total. The lowest BCUT2D eigenvalue weighted by atomic mass is 10.1. The molecule has 0 unspecified atom stereocenters. The minimum atomic E-state index is -0.369. The van der Waals surface area contributed by atoms with Crippen LogP contribution in [0.15, 0.2) is 54.7 Å². The minimum Gasteiger partial charge on any atom is -0.497 e. The maximum absolute atomic E-state index is 14.7. The van der Waals surface area contributed by atoms with Gasteiger partial charge in [0, 0.05) is 43.1 Å². The number of para-hydroxylation sites is 1. The molecule has 142 valence electrons. The van der Waals surface area contributed by atoms with Gasteiger partial charge in [-0.3, -0.25) is 0 Å². The van der Waals surface area contributed by atoms with Crippen molar-refractivity contribution >= 4 is 0 Å². The summed E-state index contributed by atoms with van der Waals surface area (Å²) < 4.78 is 21.6. The van der Waals surface area contributed by atoms with Gasteiger partial charge in [0.25, 0.3) is 0 Å². The van der Waals surface area contributed by atoms with Crippen molar-refractivity contribution < 1.29 is 14.2 Å². The zero-order chi connectivity index (χ0) is 19.2. The highest BCUT2D eigenvalue weighted by atomic mass is 19.1. The second kappa shape index (κ2) is 8.79. The highest BCUT2D eigenvalue weighted by molar-refractivity contribution is 5.65. The Morgan fingerprint density at radius 1 is 1.19 bits per heavy atom. The third-order valence-electron chi connectivity index (χ3n) is 4.38. The van der Waals surface area contributed by atoms with Crippen LogP contribution in [0, 0.1) is 5.82 Å². The number of nitrogens with zero attached hydrogens (tertiary/aromatic N) is 3. The largest absolute Gasteiger partial charge is 0.497 e. The Bertz CT molecular complexity index is 880. The molecule has 2 aromatic carbocycles. The first-order chi connectivity index (χ1) is 13.1. The number of benzene rings is 2. The quantitative estimate of drug-likeness (QED) is 0.660. The summed E-state index contributed by atoms with van der Waals surface area (Å²) in [5.41, 5.74) is 2.88. The SMILES string of the molecule is COc1ccc(-c2nn(-c3ccccc3)cc2CN(C)CCCO)c(F)c1. The maximum atomic E-state index is 14.7. The van der Waals surface area contributed by atoms with Crippen molar-refractivity contribution in [1.29, 1.82) is 0 Å². The Kier molecular flexibility index (Phi) is 6.21. The summed E-state index contributed by atoms with van der Waals surface area (Å²) in [6.45, 7) is 1.50. The molecule has 3 rings (SSSR count). The van der Waals surface area contributed by atoms with Crippen LogP contribution in [-0.2, 0) is 6.54 Å². The Balaban J connectivity index is 2.01. The zero-order valence-corrected chi connectivity index (χ0v) is 15.6. The molecule has 1 N–H and O–H groups in total. The fourth-order valence-electron chi connectivity index (χ4n) is 2.99. The van der Waals surface area contributed by atoms with Crippen molar-refractivity contribution in [1.82, 2.24) is 14.7 Å². The maximum Gasteiger partial charge on any atom is 0.136 e. The molecule has 27 heavy (non-hydrogen) atoms. The van der Waals surface area contributed by atoms with E-state index in [4.69, 9.17) is 9.84 Å². The molecule has 0 saturated heterocycles. The van der Waals surface area contributed by atoms with Crippen molar-refractivity contribution in [3.63, 3.8) is 0 Å². The number of aliphatic hydroxyl groups excluding tert-OH is 1. The lowest BCUT2D eigenvalue weighted by Gasteiger charge is -2.15. The first-order valence-corrected chi connectivity index (χ1v) is 8.89. The van der Waals surface area contributed by atoms with E-state index in [1.54, 1.807) is 16.8 Å². The summed E-state index contributed by atoms with van der Waals surface area (Å²) in [5, 5.41) is 13.7. The minimum absolute atomic E-state index is 0.146. The monoisotopic (exact) mass is 369 g/mol. The van der Waals surface area contributed by atoms with Crippen molar-refractivity contribution in [2.24, 2.45) is 0 Å². The topological polar surface area (TPSA) is 50.5 Å². The Morgan fingerprint density at radius 2 is 1.96 bits per heavy atom. The first-order valence-electron chi connectivity index (χ1n) is 8.89. The van der Waals surface area contributed by atoms with Crippen LogP contribution in [0.2, 0.25) is 0 Å². The number of hydrogen-bond acceptors (Lipinski definition) is 4. The van der Waals surface area contributed by atoms with E-state index < -0.39 is 0 Å². The van der Waals surface area contributed by atoms with Gasteiger partial charge in [-0.2, -0.15) is 5.10 Å². The molecule has 6 heteroatoms. The average molecular weight is 369 g/mol. The number of rotatable bonds is 8. The van der Waals surface area contributed by atoms with Gasteiger partial charge in [0.1, 0.15) is 17.3 Å². The molecule has 0 radical (unpaired) electrons. The van der Waals surface area contributed by atoms with Gasteiger partial charge in [-0.15, -0.1) is 0 Å². The van der Waals surface area contributed by atoms with Crippen molar-refractivity contribution in [3.8, 4) is 22.7 Å². The van der Waals surface area contributed by atoms with Crippen LogP contribution in [0.3, 0.4) is 0 Å². The van der Waals surface area contributed by atoms with Crippen molar-refractivity contribution in [2.75, 3.05) is 27.3 Å². The van der Waals surface area contributed by atoms with Crippen LogP contribution >= 0.6 is 0 Å². The summed E-state index contributed by atoms with van der Waals surface area (Å²) in [4.78, 5) is 2.09. The van der Waals surface area contributed by atoms with E-state index in [0.29, 0.717) is 30.0 Å². The number of aliphatic hydroxyl groups is 1. The molecule has 0 spiro atoms. The van der Waals surface area contributed by atoms with E-state index in [2.05, 4.69) is 10.00 Å². The second-order valence-corrected chi connectivity index (χ2v) is 6.44. The average Bonchev–Trinajstić information content (AvgIpc) is 3.10. The predicted octanol–water partition coefficient (Wildman–Crippen LogP) is 3.50. The highest BCUT2D eigenvalue weighted by Gasteiger charge is 2.17. The van der Waals surface area contributed by atoms with Gasteiger partial charge in [0.15, 0.2) is 0 Å². The highest BCUT2D eigenvalue weighted by Crippen LogP contribution is 2.29. The van der Waals surface area contributed by atoms with Gasteiger partial charge in [0.05, 0.1) is 12.8 Å². The summed E-state index contributed by atoms with van der Waals surface area (Å²) in [6, 6.07) is 14.6. The van der Waals surface area contributed by atoms with E-state index in [0.717, 1.165) is 17.8 Å². The summed E-state index contributed by atoms with van der Waals surface area (Å²) >= 11 is 0. The number of hydrogen-bond donors (Lipinski definition) is 1. The van der Waals surface area contributed by atoms with E-state index >= 15 is 0 Å². The Morgan fingerprint density at radius 3 is 2.63 bits per heavy atom. The number of aromatic nitrogens is 2. The number of halogens is 1. The standard InChI is InChI=1S/C21H24FN3O2/c1-24(11-6-12-26)14-16-15-25(17-7-4-3-5-8-17)23-21(16)19-10-9-18(27-2)13-20(19)22/h3-5,7-10,13,15,26H,6,11-12,14H2,1-2H3. The molecule has 1 heterocycles. The van der Waals surface area contributed by atoms with Crippen LogP contribution < -0.4 is 4.74 Å². The van der Waals surface area contributed by atoms with Crippen molar-refractivity contribution in [2.45, 2.75) is 13.0 Å². The first kappa shape index (κ1) is 19.1. The zero-order valence-electron chi connectivity index (χ0n) is 15.6. The third kappa shape index (κ3) is 4.53. The molecule has 0 aliphatic heterocycles. The van der Waals surface area contributed by atoms with Crippen LogP contribution in [0.25, 0.3) is 16.9 Å². The van der Waals surface area contributed by atoms with E-state index in [9.17, 15) is 4.39 Å². The fraction of sp³-hybridized carbons (Fsp3) is 0.286. The van der Waals surface area contributed by atoms with Crippen LogP contribution in [0.5, 0.6) is 5.75 Å². The summed E-state index contributed by atoms with van der Waals surface area (Å²) in [6.07, 6.45) is 2.62. The molecule has 0 bridgehead atoms. The molecule has 3 aromatic rings. The number of methoxy groups -OCH3 is 1. The van der Waals surface area contributed by atoms with Gasteiger partial charge in [-0.1, -0.05) is 18.2 Å². The molecule has 0 amide bonds. The second-order valence-electron chi connectivity index (χ2n) is 6.44. The lowest BCUT2D eigenvalue weighted by molar-refractivity contribution is 0.244. The summed E-state index contributed by atoms with van der Waals surface area (Å²) in [7, 11) is 3.49. The van der Waals surface area contributed by atoms with Crippen molar-refractivity contribution in [3.05, 3.63) is 66.1 Å². The summed E-state index contributed by atoms with van der Waals surface area (Å²) in [5.74, 6) is 0.104. The molecular weight excluding hydrogens is 345 g/mol. The Labute approximate surface area is 158 Å². The van der Waals surface area contributed by atoms with E-state index in [1.807, 2.05) is 43.6 Å². The molecule has 0 atom stereocenters. The van der Waals surface area contributed by atoms with Crippen LogP contribution in [0.4, 0.5) is 4.39 Å². The van der Waals surface area contributed by atoms with Gasteiger partial charge < -0.3 is 14.7 Å². The lowest BCUT2D eigenvalue weighted by Crippen LogP contribution is -2.20. The third-order valence-corrected chi connectivity index (χ3v) is 4.38. The normalized spacial score (nSPS) is 11.1. The molecule has 0 aliphatic rings. The number of ether oxygens (including phenoxy) is 1. The van der Waals surface area contributed by atoms with Crippen LogP contribution in [0.1, 0.15) is 12.0 Å². The van der Waals surface area contributed by atoms with Crippen LogP contribution in [-0.4, -0.2) is 47.1 Å². The Hall–Kier alpha value is -2.70. The van der Waals surface area contributed by atoms with Gasteiger partial charge in [-0.05, 0) is 37.7 Å². The van der Waals surface area contributed by atoms with Gasteiger partial charge in [-0.25, -0.2) is 9.07 Å². The molecule has 0 aliphatic carbocycles. The fourth-order valence-corrected chi connectivity index (χ4v) is 2.99. The van der Waals surface area contributed by atoms with E-state index in [-0.39, 0.29) is 12.4 Å². The predicted molar refractivity (Wildman–Crippen MR) is 104 cm³/mol. The van der Waals surface area contributed by atoms with E-state index in [1.165, 1.54) is 13.2 Å². The molecule has 1 aromatic heterocycles. The molecule has 0 saturated carbocycles. The van der Waals surface area contributed by atoms with Gasteiger partial charge >= 0.3 is 0 Å². The smallest absolute Gasteiger partial charge is 0.136 e.